The molecule has 2 aromatic carbocycles. The predicted octanol–water partition coefficient (Wildman–Crippen LogP) is 5.61. The summed E-state index contributed by atoms with van der Waals surface area (Å²) < 4.78 is 7.38. The molecule has 0 unspecified atom stereocenters. The van der Waals surface area contributed by atoms with Crippen LogP contribution in [-0.4, -0.2) is 34.1 Å². The zero-order valence-corrected chi connectivity index (χ0v) is 17.3. The number of rotatable bonds is 9. The summed E-state index contributed by atoms with van der Waals surface area (Å²) in [7, 11) is 1.84. The summed E-state index contributed by atoms with van der Waals surface area (Å²) in [5.41, 5.74) is 2.86. The Bertz CT molecular complexity index is 888. The van der Waals surface area contributed by atoms with E-state index in [2.05, 4.69) is 11.9 Å². The van der Waals surface area contributed by atoms with Gasteiger partial charge in [-0.1, -0.05) is 56.5 Å². The lowest BCUT2D eigenvalue weighted by molar-refractivity contribution is 0.209. The van der Waals surface area contributed by atoms with E-state index in [9.17, 15) is 4.79 Å². The number of aromatic nitrogens is 2. The molecule has 0 fully saturated rings. The molecule has 0 aliphatic rings. The van der Waals surface area contributed by atoms with Crippen molar-refractivity contribution in [3.63, 3.8) is 0 Å². The van der Waals surface area contributed by atoms with Gasteiger partial charge in [-0.15, -0.1) is 0 Å². The number of benzene rings is 2. The van der Waals surface area contributed by atoms with E-state index in [0.717, 1.165) is 42.0 Å². The van der Waals surface area contributed by atoms with Crippen LogP contribution >= 0.6 is 0 Å². The van der Waals surface area contributed by atoms with E-state index in [1.54, 1.807) is 22.0 Å². The highest BCUT2D eigenvalue weighted by molar-refractivity contribution is 5.77. The van der Waals surface area contributed by atoms with Crippen LogP contribution in [0.3, 0.4) is 0 Å². The van der Waals surface area contributed by atoms with Crippen LogP contribution in [0.5, 0.6) is 5.75 Å². The first-order valence-electron chi connectivity index (χ1n) is 10.2. The molecule has 0 aliphatic carbocycles. The molecule has 0 atom stereocenters. The minimum absolute atomic E-state index is 0.0527. The Balaban J connectivity index is 1.56. The second-order valence-electron chi connectivity index (χ2n) is 7.23. The first-order valence-corrected chi connectivity index (χ1v) is 10.2. The Morgan fingerprint density at radius 1 is 1.03 bits per heavy atom. The number of carbonyl (C=O) groups is 1. The third-order valence-electron chi connectivity index (χ3n) is 4.88. The maximum Gasteiger partial charge on any atom is 0.329 e. The number of carbonyl (C=O) groups excluding carboxylic acids is 1. The summed E-state index contributed by atoms with van der Waals surface area (Å²) in [5, 5.41) is 0. The van der Waals surface area contributed by atoms with Gasteiger partial charge in [-0.2, -0.15) is 0 Å². The molecule has 1 aromatic heterocycles. The van der Waals surface area contributed by atoms with Gasteiger partial charge in [-0.25, -0.2) is 9.78 Å². The van der Waals surface area contributed by atoms with E-state index in [4.69, 9.17) is 4.74 Å². The van der Waals surface area contributed by atoms with E-state index in [1.807, 2.05) is 61.6 Å². The largest absolute Gasteiger partial charge is 0.489 e. The zero-order valence-electron chi connectivity index (χ0n) is 17.3. The molecule has 1 heterocycles. The number of hydrogen-bond acceptors (Lipinski definition) is 3. The molecule has 152 valence electrons. The Hall–Kier alpha value is -3.08. The van der Waals surface area contributed by atoms with Crippen molar-refractivity contribution in [1.82, 2.24) is 14.5 Å². The number of imidazole rings is 1. The van der Waals surface area contributed by atoms with Crippen molar-refractivity contribution >= 4 is 6.03 Å². The van der Waals surface area contributed by atoms with Gasteiger partial charge in [0.25, 0.3) is 0 Å². The van der Waals surface area contributed by atoms with Crippen LogP contribution in [0.1, 0.15) is 38.2 Å². The second-order valence-corrected chi connectivity index (χ2v) is 7.23. The highest BCUT2D eigenvalue weighted by atomic mass is 16.5. The first-order chi connectivity index (χ1) is 14.2. The highest BCUT2D eigenvalue weighted by Crippen LogP contribution is 2.21. The first kappa shape index (κ1) is 20.6. The highest BCUT2D eigenvalue weighted by Gasteiger charge is 2.12. The Morgan fingerprint density at radius 2 is 1.79 bits per heavy atom. The van der Waals surface area contributed by atoms with Gasteiger partial charge < -0.3 is 9.64 Å². The van der Waals surface area contributed by atoms with Gasteiger partial charge in [-0.05, 0) is 36.2 Å². The van der Waals surface area contributed by atoms with Gasteiger partial charge in [0.1, 0.15) is 18.7 Å². The predicted molar refractivity (Wildman–Crippen MR) is 116 cm³/mol. The summed E-state index contributed by atoms with van der Waals surface area (Å²) in [5.74, 6) is 0.805. The molecule has 0 bridgehead atoms. The van der Waals surface area contributed by atoms with E-state index in [-0.39, 0.29) is 6.03 Å². The van der Waals surface area contributed by atoms with Crippen LogP contribution in [0.15, 0.2) is 67.1 Å². The van der Waals surface area contributed by atoms with Crippen LogP contribution in [-0.2, 0) is 6.61 Å². The van der Waals surface area contributed by atoms with Crippen molar-refractivity contribution in [1.29, 1.82) is 0 Å². The molecule has 3 aromatic rings. The smallest absolute Gasteiger partial charge is 0.329 e. The van der Waals surface area contributed by atoms with Crippen molar-refractivity contribution in [2.45, 2.75) is 39.2 Å². The summed E-state index contributed by atoms with van der Waals surface area (Å²) in [6, 6.07) is 17.8. The Labute approximate surface area is 173 Å². The van der Waals surface area contributed by atoms with Crippen LogP contribution in [0, 0.1) is 0 Å². The number of hydrogen-bond donors (Lipinski definition) is 0. The Morgan fingerprint density at radius 3 is 2.52 bits per heavy atom. The third-order valence-corrected chi connectivity index (χ3v) is 4.88. The Kier molecular flexibility index (Phi) is 7.45. The van der Waals surface area contributed by atoms with Gasteiger partial charge in [-0.3, -0.25) is 4.57 Å². The lowest BCUT2D eigenvalue weighted by atomic mass is 10.1. The van der Waals surface area contributed by atoms with Crippen LogP contribution in [0.4, 0.5) is 4.79 Å². The maximum atomic E-state index is 12.6. The lowest BCUT2D eigenvalue weighted by Crippen LogP contribution is -2.31. The second kappa shape index (κ2) is 10.5. The van der Waals surface area contributed by atoms with Gasteiger partial charge in [0.2, 0.25) is 0 Å². The van der Waals surface area contributed by atoms with Crippen molar-refractivity contribution in [3.8, 4) is 17.0 Å². The average molecular weight is 392 g/mol. The molecule has 5 heteroatoms. The average Bonchev–Trinajstić information content (AvgIpc) is 3.26. The minimum atomic E-state index is -0.0527. The molecule has 0 radical (unpaired) electrons. The number of ether oxygens (including phenoxy) is 1. The van der Waals surface area contributed by atoms with Crippen molar-refractivity contribution < 1.29 is 9.53 Å². The summed E-state index contributed by atoms with van der Waals surface area (Å²) in [6.45, 7) is 3.48. The number of unbranched alkanes of at least 4 members (excludes halogenated alkanes) is 3. The fraction of sp³-hybridized carbons (Fsp3) is 0.333. The van der Waals surface area contributed by atoms with Gasteiger partial charge in [0.05, 0.1) is 5.69 Å². The van der Waals surface area contributed by atoms with E-state index < -0.39 is 0 Å². The van der Waals surface area contributed by atoms with Crippen molar-refractivity contribution in [2.24, 2.45) is 0 Å². The fourth-order valence-corrected chi connectivity index (χ4v) is 3.11. The van der Waals surface area contributed by atoms with E-state index in [0.29, 0.717) is 6.61 Å². The lowest BCUT2D eigenvalue weighted by Gasteiger charge is -2.16. The SMILES string of the molecule is CCCCCCN(C)C(=O)n1cnc(-c2ccc(OCc3ccccc3)cc2)c1. The summed E-state index contributed by atoms with van der Waals surface area (Å²) in [4.78, 5) is 18.7. The minimum Gasteiger partial charge on any atom is -0.489 e. The van der Waals surface area contributed by atoms with Gasteiger partial charge in [0.15, 0.2) is 0 Å². The summed E-state index contributed by atoms with van der Waals surface area (Å²) >= 11 is 0. The molecule has 3 rings (SSSR count). The van der Waals surface area contributed by atoms with Crippen molar-refractivity contribution in [3.05, 3.63) is 72.7 Å². The molecular formula is C24H29N3O2. The number of amides is 1. The quantitative estimate of drug-likeness (QED) is 0.446. The molecule has 0 N–H and O–H groups in total. The number of nitrogens with zero attached hydrogens (tertiary/aromatic N) is 3. The van der Waals surface area contributed by atoms with Crippen LogP contribution < -0.4 is 4.74 Å². The van der Waals surface area contributed by atoms with Gasteiger partial charge in [0, 0.05) is 25.4 Å². The topological polar surface area (TPSA) is 47.4 Å². The molecular weight excluding hydrogens is 362 g/mol. The molecule has 29 heavy (non-hydrogen) atoms. The molecule has 0 aliphatic heterocycles. The third kappa shape index (κ3) is 5.95. The maximum absolute atomic E-state index is 12.6. The van der Waals surface area contributed by atoms with E-state index in [1.165, 1.54) is 12.8 Å². The molecule has 0 saturated heterocycles. The summed E-state index contributed by atoms with van der Waals surface area (Å²) in [6.07, 6.45) is 7.95. The van der Waals surface area contributed by atoms with E-state index >= 15 is 0 Å². The zero-order chi connectivity index (χ0) is 20.5. The standard InChI is InChI=1S/C24H29N3O2/c1-3-4-5-9-16-26(2)24(28)27-17-23(25-19-27)21-12-14-22(15-13-21)29-18-20-10-7-6-8-11-20/h6-8,10-15,17,19H,3-5,9,16,18H2,1-2H3. The molecule has 0 saturated carbocycles. The van der Waals surface area contributed by atoms with Crippen LogP contribution in [0.2, 0.25) is 0 Å². The van der Waals surface area contributed by atoms with Crippen molar-refractivity contribution in [2.75, 3.05) is 13.6 Å². The monoisotopic (exact) mass is 391 g/mol. The normalized spacial score (nSPS) is 10.7. The van der Waals surface area contributed by atoms with Gasteiger partial charge >= 0.3 is 6.03 Å². The van der Waals surface area contributed by atoms with Crippen LogP contribution in [0.25, 0.3) is 11.3 Å². The molecule has 5 nitrogen and oxygen atoms in total. The fourth-order valence-electron chi connectivity index (χ4n) is 3.11. The molecule has 0 spiro atoms. The molecule has 1 amide bonds.